The molecule has 1 aliphatic rings. The molecule has 0 aliphatic heterocycles. The zero-order valence-corrected chi connectivity index (χ0v) is 17.4. The van der Waals surface area contributed by atoms with Gasteiger partial charge in [-0.2, -0.15) is 0 Å². The summed E-state index contributed by atoms with van der Waals surface area (Å²) in [7, 11) is 0. The second-order valence-electron chi connectivity index (χ2n) is 7.83. The number of carbonyl (C=O) groups is 2. The number of halogens is 3. The molecule has 0 bridgehead atoms. The molecule has 1 aliphatic carbocycles. The summed E-state index contributed by atoms with van der Waals surface area (Å²) in [5.74, 6) is -2.24. The lowest BCUT2D eigenvalue weighted by Gasteiger charge is -2.40. The molecule has 1 fully saturated rings. The Kier molecular flexibility index (Phi) is 5.88. The van der Waals surface area contributed by atoms with Crippen LogP contribution in [0.2, 0.25) is 5.02 Å². The van der Waals surface area contributed by atoms with Crippen LogP contribution in [0.3, 0.4) is 0 Å². The zero-order valence-electron chi connectivity index (χ0n) is 16.6. The van der Waals surface area contributed by atoms with Crippen LogP contribution in [0.4, 0.5) is 14.5 Å². The SMILES string of the molecule is O=C(Cc1ccc(C2(C(=O)Nc3ccc(F)c(F)c3)CCC2)cc1)c1cccc(Cl)c1. The number of Topliss-reactive ketones (excluding diaryl/α,β-unsaturated/α-hetero) is 1. The Labute approximate surface area is 184 Å². The number of hydrogen-bond acceptors (Lipinski definition) is 2. The quantitative estimate of drug-likeness (QED) is 0.471. The van der Waals surface area contributed by atoms with E-state index in [2.05, 4.69) is 5.32 Å². The fourth-order valence-corrected chi connectivity index (χ4v) is 4.08. The van der Waals surface area contributed by atoms with Crippen molar-refractivity contribution in [2.75, 3.05) is 5.32 Å². The number of carbonyl (C=O) groups excluding carboxylic acids is 2. The molecule has 3 aromatic rings. The normalized spacial score (nSPS) is 14.5. The van der Waals surface area contributed by atoms with Gasteiger partial charge in [0.25, 0.3) is 0 Å². The largest absolute Gasteiger partial charge is 0.325 e. The van der Waals surface area contributed by atoms with Crippen LogP contribution in [0.25, 0.3) is 0 Å². The third-order valence-corrected chi connectivity index (χ3v) is 6.07. The molecule has 0 atom stereocenters. The first-order chi connectivity index (χ1) is 14.9. The van der Waals surface area contributed by atoms with E-state index in [0.717, 1.165) is 29.7 Å². The number of rotatable bonds is 6. The van der Waals surface area contributed by atoms with Gasteiger partial charge in [0.05, 0.1) is 5.41 Å². The number of anilines is 1. The minimum absolute atomic E-state index is 0.0373. The highest BCUT2D eigenvalue weighted by atomic mass is 35.5. The summed E-state index contributed by atoms with van der Waals surface area (Å²) in [5, 5.41) is 3.23. The Balaban J connectivity index is 1.49. The van der Waals surface area contributed by atoms with Gasteiger partial charge in [0.15, 0.2) is 17.4 Å². The minimum atomic E-state index is -1.01. The van der Waals surface area contributed by atoms with Gasteiger partial charge in [0, 0.05) is 28.8 Å². The molecule has 31 heavy (non-hydrogen) atoms. The van der Waals surface area contributed by atoms with Crippen molar-refractivity contribution in [3.8, 4) is 0 Å². The topological polar surface area (TPSA) is 46.2 Å². The Morgan fingerprint density at radius 1 is 0.935 bits per heavy atom. The summed E-state index contributed by atoms with van der Waals surface area (Å²) in [6.45, 7) is 0. The first-order valence-corrected chi connectivity index (χ1v) is 10.4. The van der Waals surface area contributed by atoms with Gasteiger partial charge < -0.3 is 5.32 Å². The van der Waals surface area contributed by atoms with E-state index < -0.39 is 17.0 Å². The molecule has 6 heteroatoms. The van der Waals surface area contributed by atoms with Crippen molar-refractivity contribution in [1.29, 1.82) is 0 Å². The Hall–Kier alpha value is -3.05. The molecule has 4 rings (SSSR count). The van der Waals surface area contributed by atoms with Crippen molar-refractivity contribution in [2.45, 2.75) is 31.1 Å². The average molecular weight is 440 g/mol. The molecule has 0 aromatic heterocycles. The molecule has 1 saturated carbocycles. The second kappa shape index (κ2) is 8.60. The summed E-state index contributed by atoms with van der Waals surface area (Å²) in [6.07, 6.45) is 2.47. The predicted molar refractivity (Wildman–Crippen MR) is 116 cm³/mol. The number of nitrogens with one attached hydrogen (secondary N) is 1. The van der Waals surface area contributed by atoms with Gasteiger partial charge in [-0.1, -0.05) is 54.4 Å². The van der Waals surface area contributed by atoms with Crippen LogP contribution >= 0.6 is 11.6 Å². The van der Waals surface area contributed by atoms with Gasteiger partial charge in [-0.25, -0.2) is 8.78 Å². The van der Waals surface area contributed by atoms with Crippen molar-refractivity contribution in [2.24, 2.45) is 0 Å². The van der Waals surface area contributed by atoms with Crippen molar-refractivity contribution < 1.29 is 18.4 Å². The van der Waals surface area contributed by atoms with E-state index in [9.17, 15) is 18.4 Å². The van der Waals surface area contributed by atoms with Gasteiger partial charge in [0.1, 0.15) is 0 Å². The van der Waals surface area contributed by atoms with Crippen LogP contribution in [0.1, 0.15) is 40.7 Å². The van der Waals surface area contributed by atoms with Crippen molar-refractivity contribution in [1.82, 2.24) is 0 Å². The maximum atomic E-state index is 13.5. The summed E-state index contributed by atoms with van der Waals surface area (Å²) < 4.78 is 26.6. The molecule has 3 aromatic carbocycles. The van der Waals surface area contributed by atoms with Gasteiger partial charge in [0.2, 0.25) is 5.91 Å². The lowest BCUT2D eigenvalue weighted by Crippen LogP contribution is -2.46. The lowest BCUT2D eigenvalue weighted by atomic mass is 9.63. The number of benzene rings is 3. The fourth-order valence-electron chi connectivity index (χ4n) is 3.89. The molecule has 3 nitrogen and oxygen atoms in total. The highest BCUT2D eigenvalue weighted by Gasteiger charge is 2.45. The smallest absolute Gasteiger partial charge is 0.235 e. The van der Waals surface area contributed by atoms with E-state index in [-0.39, 0.29) is 23.8 Å². The van der Waals surface area contributed by atoms with Crippen molar-refractivity contribution in [3.63, 3.8) is 0 Å². The highest BCUT2D eigenvalue weighted by molar-refractivity contribution is 6.31. The van der Waals surface area contributed by atoms with Crippen LogP contribution in [0.15, 0.2) is 66.7 Å². The molecule has 0 radical (unpaired) electrons. The summed E-state index contributed by atoms with van der Waals surface area (Å²) in [4.78, 5) is 25.5. The van der Waals surface area contributed by atoms with E-state index in [1.54, 1.807) is 24.3 Å². The molecule has 158 valence electrons. The molecule has 1 N–H and O–H groups in total. The molecule has 0 unspecified atom stereocenters. The average Bonchev–Trinajstić information content (AvgIpc) is 2.71. The van der Waals surface area contributed by atoms with Gasteiger partial charge in [-0.15, -0.1) is 0 Å². The molecule has 0 saturated heterocycles. The Morgan fingerprint density at radius 3 is 2.29 bits per heavy atom. The van der Waals surface area contributed by atoms with Crippen molar-refractivity contribution in [3.05, 3.63) is 100 Å². The van der Waals surface area contributed by atoms with Crippen LogP contribution in [-0.2, 0) is 16.6 Å². The number of hydrogen-bond donors (Lipinski definition) is 1. The van der Waals surface area contributed by atoms with E-state index in [0.29, 0.717) is 23.4 Å². The monoisotopic (exact) mass is 439 g/mol. The van der Waals surface area contributed by atoms with Gasteiger partial charge in [-0.3, -0.25) is 9.59 Å². The van der Waals surface area contributed by atoms with Crippen LogP contribution in [0.5, 0.6) is 0 Å². The van der Waals surface area contributed by atoms with E-state index in [1.165, 1.54) is 6.07 Å². The molecule has 1 amide bonds. The molecular formula is C25H20ClF2NO2. The summed E-state index contributed by atoms with van der Waals surface area (Å²) >= 11 is 5.96. The number of ketones is 1. The lowest BCUT2D eigenvalue weighted by molar-refractivity contribution is -0.124. The first-order valence-electron chi connectivity index (χ1n) is 10.0. The highest BCUT2D eigenvalue weighted by Crippen LogP contribution is 2.44. The maximum absolute atomic E-state index is 13.5. The van der Waals surface area contributed by atoms with Crippen LogP contribution < -0.4 is 5.32 Å². The summed E-state index contributed by atoms with van der Waals surface area (Å²) in [6, 6.07) is 17.6. The summed E-state index contributed by atoms with van der Waals surface area (Å²) in [5.41, 5.74) is 1.75. The zero-order chi connectivity index (χ0) is 22.0. The van der Waals surface area contributed by atoms with E-state index in [1.807, 2.05) is 24.3 Å². The first kappa shape index (κ1) is 21.2. The Morgan fingerprint density at radius 2 is 1.68 bits per heavy atom. The third kappa shape index (κ3) is 4.37. The number of amides is 1. The predicted octanol–water partition coefficient (Wildman–Crippen LogP) is 6.10. The van der Waals surface area contributed by atoms with Crippen LogP contribution in [-0.4, -0.2) is 11.7 Å². The van der Waals surface area contributed by atoms with Gasteiger partial charge >= 0.3 is 0 Å². The van der Waals surface area contributed by atoms with Crippen molar-refractivity contribution >= 4 is 29.0 Å². The maximum Gasteiger partial charge on any atom is 0.235 e. The second-order valence-corrected chi connectivity index (χ2v) is 8.26. The van der Waals surface area contributed by atoms with E-state index >= 15 is 0 Å². The molecular weight excluding hydrogens is 420 g/mol. The fraction of sp³-hybridized carbons (Fsp3) is 0.200. The van der Waals surface area contributed by atoms with E-state index in [4.69, 9.17) is 11.6 Å². The Bertz CT molecular complexity index is 1140. The minimum Gasteiger partial charge on any atom is -0.325 e. The van der Waals surface area contributed by atoms with Gasteiger partial charge in [-0.05, 0) is 48.2 Å². The third-order valence-electron chi connectivity index (χ3n) is 5.84. The molecule has 0 heterocycles. The van der Waals surface area contributed by atoms with Crippen LogP contribution in [0, 0.1) is 11.6 Å². The molecule has 0 spiro atoms. The standard InChI is InChI=1S/C25H20ClF2NO2/c26-19-4-1-3-17(14-19)23(30)13-16-5-7-18(8-6-16)25(11-2-12-25)24(31)29-20-9-10-21(27)22(28)15-20/h1,3-10,14-15H,2,11-13H2,(H,29,31).